The molecule has 3 rings (SSSR count). The van der Waals surface area contributed by atoms with Crippen molar-refractivity contribution in [1.82, 2.24) is 25.1 Å². The standard InChI is InChI=1S/C22H28ClN5O2/c1-22(2,3)30-21(29)24-11-6-4-5-7-12-28-15-16(13-26-28)19-14-25-18-10-8-9-17(23)20(18)27-19/h8-10,13-15H,4-7,11-12H2,1-3H3,(H,24,29). The van der Waals surface area contributed by atoms with Gasteiger partial charge in [0, 0.05) is 24.8 Å². The summed E-state index contributed by atoms with van der Waals surface area (Å²) in [5.41, 5.74) is 2.70. The van der Waals surface area contributed by atoms with Crippen LogP contribution in [-0.2, 0) is 11.3 Å². The van der Waals surface area contributed by atoms with Gasteiger partial charge in [-0.25, -0.2) is 9.78 Å². The van der Waals surface area contributed by atoms with E-state index in [9.17, 15) is 4.79 Å². The summed E-state index contributed by atoms with van der Waals surface area (Å²) < 4.78 is 7.14. The Hall–Kier alpha value is -2.67. The molecule has 0 bridgehead atoms. The lowest BCUT2D eigenvalue weighted by atomic mass is 10.2. The third-order valence-corrected chi connectivity index (χ3v) is 4.74. The molecule has 2 aromatic heterocycles. The lowest BCUT2D eigenvalue weighted by Crippen LogP contribution is -2.32. The van der Waals surface area contributed by atoms with Crippen LogP contribution in [0.1, 0.15) is 46.5 Å². The Morgan fingerprint density at radius 3 is 2.77 bits per heavy atom. The number of ether oxygens (including phenoxy) is 1. The summed E-state index contributed by atoms with van der Waals surface area (Å²) in [4.78, 5) is 20.7. The van der Waals surface area contributed by atoms with Gasteiger partial charge in [-0.15, -0.1) is 0 Å². The van der Waals surface area contributed by atoms with Gasteiger partial charge in [-0.05, 0) is 45.7 Å². The predicted molar refractivity (Wildman–Crippen MR) is 118 cm³/mol. The average Bonchev–Trinajstić information content (AvgIpc) is 3.15. The van der Waals surface area contributed by atoms with Gasteiger partial charge in [-0.1, -0.05) is 30.5 Å². The Morgan fingerprint density at radius 1 is 1.17 bits per heavy atom. The van der Waals surface area contributed by atoms with E-state index in [-0.39, 0.29) is 6.09 Å². The van der Waals surface area contributed by atoms with Crippen LogP contribution in [0.25, 0.3) is 22.3 Å². The van der Waals surface area contributed by atoms with Gasteiger partial charge in [0.25, 0.3) is 0 Å². The summed E-state index contributed by atoms with van der Waals surface area (Å²) in [6.45, 7) is 7.03. The van der Waals surface area contributed by atoms with Crippen molar-refractivity contribution in [3.63, 3.8) is 0 Å². The normalized spacial score (nSPS) is 11.6. The molecule has 0 fully saturated rings. The third kappa shape index (κ3) is 6.42. The Kier molecular flexibility index (Phi) is 7.26. The van der Waals surface area contributed by atoms with E-state index in [4.69, 9.17) is 16.3 Å². The number of aryl methyl sites for hydroxylation is 1. The number of aromatic nitrogens is 4. The van der Waals surface area contributed by atoms with Gasteiger partial charge >= 0.3 is 6.09 Å². The third-order valence-electron chi connectivity index (χ3n) is 4.43. The average molecular weight is 430 g/mol. The molecule has 0 aliphatic carbocycles. The summed E-state index contributed by atoms with van der Waals surface area (Å²) in [5.74, 6) is 0. The minimum Gasteiger partial charge on any atom is -0.444 e. The van der Waals surface area contributed by atoms with Gasteiger partial charge in [-0.3, -0.25) is 9.67 Å². The second-order valence-electron chi connectivity index (χ2n) is 8.20. The Bertz CT molecular complexity index is 997. The Balaban J connectivity index is 1.40. The summed E-state index contributed by atoms with van der Waals surface area (Å²) in [7, 11) is 0. The van der Waals surface area contributed by atoms with Crippen molar-refractivity contribution in [3.05, 3.63) is 41.8 Å². The molecular weight excluding hydrogens is 402 g/mol. The maximum atomic E-state index is 11.6. The lowest BCUT2D eigenvalue weighted by molar-refractivity contribution is 0.0527. The van der Waals surface area contributed by atoms with Crippen LogP contribution in [-0.4, -0.2) is 38.0 Å². The van der Waals surface area contributed by atoms with Gasteiger partial charge in [0.2, 0.25) is 0 Å². The number of carbonyl (C=O) groups excluding carboxylic acids is 1. The van der Waals surface area contributed by atoms with E-state index in [1.165, 1.54) is 0 Å². The molecule has 0 aliphatic heterocycles. The van der Waals surface area contributed by atoms with E-state index in [2.05, 4.69) is 20.4 Å². The van der Waals surface area contributed by atoms with Gasteiger partial charge in [0.05, 0.1) is 28.6 Å². The van der Waals surface area contributed by atoms with E-state index < -0.39 is 5.60 Å². The highest BCUT2D eigenvalue weighted by Gasteiger charge is 2.15. The first-order valence-corrected chi connectivity index (χ1v) is 10.6. The number of fused-ring (bicyclic) bond motifs is 1. The largest absolute Gasteiger partial charge is 0.444 e. The molecule has 2 heterocycles. The van der Waals surface area contributed by atoms with E-state index in [0.717, 1.165) is 49.0 Å². The smallest absolute Gasteiger partial charge is 0.407 e. The monoisotopic (exact) mass is 429 g/mol. The highest BCUT2D eigenvalue weighted by molar-refractivity contribution is 6.34. The lowest BCUT2D eigenvalue weighted by Gasteiger charge is -2.19. The minimum atomic E-state index is -0.461. The van der Waals surface area contributed by atoms with Crippen LogP contribution in [0.3, 0.4) is 0 Å². The zero-order valence-corrected chi connectivity index (χ0v) is 18.4. The maximum absolute atomic E-state index is 11.6. The molecule has 0 unspecified atom stereocenters. The molecular formula is C22H28ClN5O2. The number of halogens is 1. The van der Waals surface area contributed by atoms with Crippen molar-refractivity contribution in [3.8, 4) is 11.3 Å². The summed E-state index contributed by atoms with van der Waals surface area (Å²) in [5, 5.41) is 7.81. The first kappa shape index (κ1) is 22.0. The summed E-state index contributed by atoms with van der Waals surface area (Å²) in [6.07, 6.45) is 9.23. The first-order chi connectivity index (χ1) is 14.3. The summed E-state index contributed by atoms with van der Waals surface area (Å²) >= 11 is 6.23. The molecule has 160 valence electrons. The molecule has 8 heteroatoms. The zero-order chi connectivity index (χ0) is 21.6. The number of rotatable bonds is 8. The molecule has 0 atom stereocenters. The fourth-order valence-electron chi connectivity index (χ4n) is 3.01. The SMILES string of the molecule is CC(C)(C)OC(=O)NCCCCCCn1cc(-c2cnc3cccc(Cl)c3n2)cn1. The fourth-order valence-corrected chi connectivity index (χ4v) is 3.22. The highest BCUT2D eigenvalue weighted by Crippen LogP contribution is 2.23. The van der Waals surface area contributed by atoms with Crippen molar-refractivity contribution in [2.75, 3.05) is 6.54 Å². The fraction of sp³-hybridized carbons (Fsp3) is 0.455. The number of nitrogens with zero attached hydrogens (tertiary/aromatic N) is 4. The molecule has 0 aliphatic rings. The van der Waals surface area contributed by atoms with Gasteiger partial charge in [0.1, 0.15) is 11.1 Å². The van der Waals surface area contributed by atoms with E-state index >= 15 is 0 Å². The summed E-state index contributed by atoms with van der Waals surface area (Å²) in [6, 6.07) is 5.57. The second kappa shape index (κ2) is 9.89. The molecule has 1 amide bonds. The highest BCUT2D eigenvalue weighted by atomic mass is 35.5. The van der Waals surface area contributed by atoms with Crippen molar-refractivity contribution in [2.45, 2.75) is 58.6 Å². The quantitative estimate of drug-likeness (QED) is 0.495. The molecule has 0 radical (unpaired) electrons. The second-order valence-corrected chi connectivity index (χ2v) is 8.60. The van der Waals surface area contributed by atoms with Crippen LogP contribution in [0, 0.1) is 0 Å². The van der Waals surface area contributed by atoms with Crippen LogP contribution in [0.5, 0.6) is 0 Å². The number of unbranched alkanes of at least 4 members (excludes halogenated alkanes) is 3. The number of alkyl carbamates (subject to hydrolysis) is 1. The van der Waals surface area contributed by atoms with Crippen LogP contribution in [0.2, 0.25) is 5.02 Å². The molecule has 3 aromatic rings. The van der Waals surface area contributed by atoms with Gasteiger partial charge in [-0.2, -0.15) is 5.10 Å². The number of benzene rings is 1. The first-order valence-electron chi connectivity index (χ1n) is 10.2. The topological polar surface area (TPSA) is 81.9 Å². The zero-order valence-electron chi connectivity index (χ0n) is 17.7. The van der Waals surface area contributed by atoms with Crippen LogP contribution in [0.15, 0.2) is 36.8 Å². The van der Waals surface area contributed by atoms with Crippen molar-refractivity contribution in [1.29, 1.82) is 0 Å². The number of hydrogen-bond donors (Lipinski definition) is 1. The molecule has 7 nitrogen and oxygen atoms in total. The van der Waals surface area contributed by atoms with E-state index in [1.54, 1.807) is 12.4 Å². The maximum Gasteiger partial charge on any atom is 0.407 e. The van der Waals surface area contributed by atoms with Crippen molar-refractivity contribution < 1.29 is 9.53 Å². The van der Waals surface area contributed by atoms with Crippen LogP contribution >= 0.6 is 11.6 Å². The van der Waals surface area contributed by atoms with Crippen molar-refractivity contribution >= 4 is 28.7 Å². The predicted octanol–water partition coefficient (Wildman–Crippen LogP) is 5.23. The van der Waals surface area contributed by atoms with Crippen molar-refractivity contribution in [2.24, 2.45) is 0 Å². The van der Waals surface area contributed by atoms with Crippen LogP contribution in [0.4, 0.5) is 4.79 Å². The van der Waals surface area contributed by atoms with E-state index in [1.807, 2.05) is 49.8 Å². The molecule has 1 aromatic carbocycles. The number of amides is 1. The van der Waals surface area contributed by atoms with Gasteiger partial charge < -0.3 is 10.1 Å². The number of nitrogens with one attached hydrogen (secondary N) is 1. The molecule has 30 heavy (non-hydrogen) atoms. The molecule has 0 saturated heterocycles. The Labute approximate surface area is 181 Å². The number of carbonyl (C=O) groups is 1. The van der Waals surface area contributed by atoms with Gasteiger partial charge in [0.15, 0.2) is 0 Å². The number of para-hydroxylation sites is 1. The molecule has 0 saturated carbocycles. The Morgan fingerprint density at radius 2 is 1.97 bits per heavy atom. The number of hydrogen-bond acceptors (Lipinski definition) is 5. The van der Waals surface area contributed by atoms with E-state index in [0.29, 0.717) is 17.1 Å². The molecule has 0 spiro atoms. The molecule has 1 N–H and O–H groups in total. The van der Waals surface area contributed by atoms with Crippen LogP contribution < -0.4 is 5.32 Å². The minimum absolute atomic E-state index is 0.357.